The van der Waals surface area contributed by atoms with Crippen LogP contribution in [-0.4, -0.2) is 14.1 Å². The molecule has 0 fully saturated rings. The van der Waals surface area contributed by atoms with Gasteiger partial charge in [-0.2, -0.15) is 0 Å². The monoisotopic (exact) mass is 580 g/mol. The third kappa shape index (κ3) is 4.08. The SMILES string of the molecule is [C-]#[N+]c1ccc2c(c1)c1ccccc1n2-c1cc(-c2ncccc2CC)c(C(C)C)c(-n2c3ccccc3c3ccccc32)c1. The summed E-state index contributed by atoms with van der Waals surface area (Å²) in [6, 6.07) is 40.9. The Bertz CT molecular complexity index is 2410. The number of nitrogens with zero attached hydrogens (tertiary/aromatic N) is 4. The molecule has 0 atom stereocenters. The molecule has 0 radical (unpaired) electrons. The molecule has 0 saturated carbocycles. The zero-order valence-corrected chi connectivity index (χ0v) is 25.6. The molecule has 216 valence electrons. The van der Waals surface area contributed by atoms with E-state index in [9.17, 15) is 0 Å². The molecule has 3 heterocycles. The Morgan fingerprint density at radius 1 is 0.667 bits per heavy atom. The maximum atomic E-state index is 7.67. The number of aromatic nitrogens is 3. The van der Waals surface area contributed by atoms with Crippen molar-refractivity contribution in [3.05, 3.63) is 144 Å². The molecule has 5 aromatic carbocycles. The van der Waals surface area contributed by atoms with E-state index in [1.54, 1.807) is 0 Å². The van der Waals surface area contributed by atoms with Crippen molar-refractivity contribution in [1.29, 1.82) is 0 Å². The van der Waals surface area contributed by atoms with E-state index >= 15 is 0 Å². The van der Waals surface area contributed by atoms with Gasteiger partial charge in [-0.25, -0.2) is 4.85 Å². The quantitative estimate of drug-likeness (QED) is 0.186. The van der Waals surface area contributed by atoms with Gasteiger partial charge < -0.3 is 9.13 Å². The van der Waals surface area contributed by atoms with E-state index in [0.717, 1.165) is 50.9 Å². The fraction of sp³-hybridized carbons (Fsp3) is 0.122. The molecule has 0 saturated heterocycles. The molecule has 0 bridgehead atoms. The second-order valence-corrected chi connectivity index (χ2v) is 12.0. The first-order valence-corrected chi connectivity index (χ1v) is 15.6. The Kier molecular flexibility index (Phi) is 6.29. The number of fused-ring (bicyclic) bond motifs is 6. The average molecular weight is 581 g/mol. The summed E-state index contributed by atoms with van der Waals surface area (Å²) in [6.45, 7) is 14.5. The molecule has 4 nitrogen and oxygen atoms in total. The highest BCUT2D eigenvalue weighted by Gasteiger charge is 2.24. The molecule has 0 amide bonds. The minimum Gasteiger partial charge on any atom is -0.309 e. The Morgan fingerprint density at radius 2 is 1.27 bits per heavy atom. The van der Waals surface area contributed by atoms with Crippen molar-refractivity contribution < 1.29 is 0 Å². The molecule has 0 unspecified atom stereocenters. The average Bonchev–Trinajstić information content (AvgIpc) is 3.60. The first-order chi connectivity index (χ1) is 22.1. The van der Waals surface area contributed by atoms with Gasteiger partial charge >= 0.3 is 0 Å². The third-order valence-electron chi connectivity index (χ3n) is 9.11. The first-order valence-electron chi connectivity index (χ1n) is 15.6. The molecular weight excluding hydrogens is 548 g/mol. The van der Waals surface area contributed by atoms with Crippen LogP contribution in [0.5, 0.6) is 0 Å². The Balaban J connectivity index is 1.58. The van der Waals surface area contributed by atoms with Crippen LogP contribution in [0.4, 0.5) is 5.69 Å². The molecule has 8 aromatic rings. The van der Waals surface area contributed by atoms with Crippen LogP contribution in [0.1, 0.15) is 37.8 Å². The molecule has 0 N–H and O–H groups in total. The van der Waals surface area contributed by atoms with Gasteiger partial charge in [0.05, 0.1) is 40.0 Å². The summed E-state index contributed by atoms with van der Waals surface area (Å²) < 4.78 is 4.81. The van der Waals surface area contributed by atoms with Crippen LogP contribution >= 0.6 is 0 Å². The van der Waals surface area contributed by atoms with E-state index in [1.807, 2.05) is 24.4 Å². The van der Waals surface area contributed by atoms with E-state index in [0.29, 0.717) is 5.69 Å². The molecule has 45 heavy (non-hydrogen) atoms. The van der Waals surface area contributed by atoms with Gasteiger partial charge in [-0.05, 0) is 77.4 Å². The predicted molar refractivity (Wildman–Crippen MR) is 188 cm³/mol. The van der Waals surface area contributed by atoms with Crippen LogP contribution in [0.15, 0.2) is 121 Å². The summed E-state index contributed by atoms with van der Waals surface area (Å²) in [5.74, 6) is 0.232. The molecule has 0 spiro atoms. The number of benzene rings is 5. The summed E-state index contributed by atoms with van der Waals surface area (Å²) in [5.41, 5.74) is 12.1. The summed E-state index contributed by atoms with van der Waals surface area (Å²) in [7, 11) is 0. The van der Waals surface area contributed by atoms with Crippen molar-refractivity contribution >= 4 is 49.3 Å². The van der Waals surface area contributed by atoms with E-state index in [4.69, 9.17) is 11.6 Å². The highest BCUT2D eigenvalue weighted by atomic mass is 15.0. The molecule has 3 aromatic heterocycles. The number of hydrogen-bond donors (Lipinski definition) is 0. The molecule has 0 aliphatic rings. The summed E-state index contributed by atoms with van der Waals surface area (Å²) in [4.78, 5) is 8.78. The smallest absolute Gasteiger partial charge is 0.188 e. The van der Waals surface area contributed by atoms with Crippen molar-refractivity contribution in [3.63, 3.8) is 0 Å². The summed E-state index contributed by atoms with van der Waals surface area (Å²) >= 11 is 0. The number of rotatable bonds is 5. The van der Waals surface area contributed by atoms with Crippen LogP contribution in [0.2, 0.25) is 0 Å². The Labute approximate surface area is 262 Å². The van der Waals surface area contributed by atoms with E-state index in [1.165, 1.54) is 32.9 Å². The second-order valence-electron chi connectivity index (χ2n) is 12.0. The minimum absolute atomic E-state index is 0.232. The molecule has 0 aliphatic carbocycles. The van der Waals surface area contributed by atoms with Crippen LogP contribution in [0, 0.1) is 6.57 Å². The van der Waals surface area contributed by atoms with Crippen LogP contribution in [0.3, 0.4) is 0 Å². The minimum atomic E-state index is 0.232. The number of pyridine rings is 1. The highest BCUT2D eigenvalue weighted by Crippen LogP contribution is 2.43. The van der Waals surface area contributed by atoms with Crippen LogP contribution < -0.4 is 0 Å². The maximum absolute atomic E-state index is 7.67. The predicted octanol–water partition coefficient (Wildman–Crippen LogP) is 11.2. The standard InChI is InChI=1S/C41H32N4/c1-5-27-13-12-22-43-41(27)34-24-29(44-35-17-9-8-16-32(35)33-23-28(42-4)20-21-38(33)44)25-39(40(34)26(2)3)45-36-18-10-6-14-30(36)31-15-7-11-19-37(31)45/h6-26H,5H2,1-3H3. The molecule has 4 heteroatoms. The molecule has 8 rings (SSSR count). The van der Waals surface area contributed by atoms with Gasteiger partial charge in [-0.1, -0.05) is 87.5 Å². The Hall–Kier alpha value is -5.66. The lowest BCUT2D eigenvalue weighted by atomic mass is 9.90. The Morgan fingerprint density at radius 3 is 1.89 bits per heavy atom. The van der Waals surface area contributed by atoms with Gasteiger partial charge in [0.15, 0.2) is 5.69 Å². The largest absolute Gasteiger partial charge is 0.309 e. The normalized spacial score (nSPS) is 11.7. The van der Waals surface area contributed by atoms with Gasteiger partial charge in [-0.3, -0.25) is 4.98 Å². The number of hydrogen-bond acceptors (Lipinski definition) is 1. The lowest BCUT2D eigenvalue weighted by Crippen LogP contribution is -2.08. The van der Waals surface area contributed by atoms with Crippen molar-refractivity contribution in [1.82, 2.24) is 14.1 Å². The highest BCUT2D eigenvalue weighted by molar-refractivity contribution is 6.11. The molecule has 0 aliphatic heterocycles. The number of para-hydroxylation sites is 3. The van der Waals surface area contributed by atoms with Crippen molar-refractivity contribution in [2.45, 2.75) is 33.1 Å². The lowest BCUT2D eigenvalue weighted by molar-refractivity contribution is 0.853. The van der Waals surface area contributed by atoms with Crippen LogP contribution in [0.25, 0.3) is 71.1 Å². The van der Waals surface area contributed by atoms with Crippen molar-refractivity contribution in [2.24, 2.45) is 0 Å². The second kappa shape index (κ2) is 10.5. The van der Waals surface area contributed by atoms with E-state index in [-0.39, 0.29) is 5.92 Å². The van der Waals surface area contributed by atoms with E-state index < -0.39 is 0 Å². The van der Waals surface area contributed by atoms with Gasteiger partial charge in [0.1, 0.15) is 0 Å². The fourth-order valence-corrected chi connectivity index (χ4v) is 7.20. The topological polar surface area (TPSA) is 27.1 Å². The van der Waals surface area contributed by atoms with Crippen LogP contribution in [-0.2, 0) is 6.42 Å². The zero-order chi connectivity index (χ0) is 30.7. The lowest BCUT2D eigenvalue weighted by Gasteiger charge is -2.23. The summed E-state index contributed by atoms with van der Waals surface area (Å²) in [5, 5.41) is 4.70. The third-order valence-corrected chi connectivity index (χ3v) is 9.11. The van der Waals surface area contributed by atoms with Crippen molar-refractivity contribution in [2.75, 3.05) is 0 Å². The van der Waals surface area contributed by atoms with E-state index in [2.05, 4.69) is 132 Å². The zero-order valence-electron chi connectivity index (χ0n) is 25.6. The van der Waals surface area contributed by atoms with Gasteiger partial charge in [0.25, 0.3) is 0 Å². The van der Waals surface area contributed by atoms with Gasteiger partial charge in [0.2, 0.25) is 0 Å². The fourth-order valence-electron chi connectivity index (χ4n) is 7.20. The number of aryl methyl sites for hydroxylation is 1. The summed E-state index contributed by atoms with van der Waals surface area (Å²) in [6.07, 6.45) is 2.81. The first kappa shape index (κ1) is 26.9. The maximum Gasteiger partial charge on any atom is 0.188 e. The van der Waals surface area contributed by atoms with Gasteiger partial charge in [-0.15, -0.1) is 0 Å². The van der Waals surface area contributed by atoms with Crippen molar-refractivity contribution in [3.8, 4) is 22.6 Å². The van der Waals surface area contributed by atoms with Gasteiger partial charge in [0, 0.05) is 33.6 Å². The molecular formula is C41H32N4.